The zero-order chi connectivity index (χ0) is 50.9. The Kier molecular flexibility index (Phi) is 42.9. The number of benzene rings is 3. The second-order valence-corrected chi connectivity index (χ2v) is 13.7. The van der Waals surface area contributed by atoms with Gasteiger partial charge in [-0.2, -0.15) is 0 Å². The Hall–Kier alpha value is -4.51. The molecule has 66 heavy (non-hydrogen) atoms. The minimum absolute atomic E-state index is 0.00749. The fraction of sp³-hybridized carbons (Fsp3) is 0.432. The van der Waals surface area contributed by atoms with Crippen molar-refractivity contribution >= 4 is 78.5 Å². The summed E-state index contributed by atoms with van der Waals surface area (Å²) in [6.45, 7) is 2.96. The van der Waals surface area contributed by atoms with Crippen LogP contribution in [0.15, 0.2) is 91.0 Å². The molecule has 370 valence electrons. The van der Waals surface area contributed by atoms with Crippen LogP contribution in [0.3, 0.4) is 0 Å². The maximum absolute atomic E-state index is 11.9. The molecule has 0 aliphatic heterocycles. The van der Waals surface area contributed by atoms with Crippen molar-refractivity contribution in [3.05, 3.63) is 108 Å². The molecule has 3 aromatic carbocycles. The highest BCUT2D eigenvalue weighted by molar-refractivity contribution is 15.0. The first-order valence-electron chi connectivity index (χ1n) is 20.0. The Morgan fingerprint density at radius 2 is 0.864 bits per heavy atom. The molecule has 14 N–H and O–H groups in total. The number of amides is 3. The smallest absolute Gasteiger partial charge is 0.325 e. The number of carbonyl (C=O) groups is 7. The number of Topliss-reactive ketones (excluding diaryl/α,β-unsaturated/α-hetero) is 2. The number of nitrogens with one attached hydrogen (secondary N) is 3. The lowest BCUT2D eigenvalue weighted by Crippen LogP contribution is -2.42. The molecular formula is C44H66I2N6O14. The number of ketones is 2. The monoisotopic (exact) mass is 1160 g/mol. The van der Waals surface area contributed by atoms with Gasteiger partial charge in [0.2, 0.25) is 17.7 Å². The summed E-state index contributed by atoms with van der Waals surface area (Å²) in [5.41, 5.74) is 18.1. The van der Waals surface area contributed by atoms with E-state index in [1.165, 1.54) is 28.1 Å². The molecule has 0 aliphatic carbocycles. The lowest BCUT2D eigenvalue weighted by Gasteiger charge is -2.14. The highest BCUT2D eigenvalue weighted by atomic mass is 128. The van der Waals surface area contributed by atoms with E-state index in [4.69, 9.17) is 47.5 Å². The molecule has 0 aromatic heterocycles. The minimum Gasteiger partial charge on any atom is -0.480 e. The largest absolute Gasteiger partial charge is 0.480 e. The van der Waals surface area contributed by atoms with Crippen LogP contribution in [-0.2, 0) is 62.7 Å². The third-order valence-electron chi connectivity index (χ3n) is 8.07. The number of aliphatic carboxylic acids is 1. The van der Waals surface area contributed by atoms with Crippen molar-refractivity contribution in [3.63, 3.8) is 0 Å². The molecule has 0 aliphatic rings. The van der Waals surface area contributed by atoms with Crippen LogP contribution in [0.1, 0.15) is 43.4 Å². The van der Waals surface area contributed by atoms with Crippen molar-refractivity contribution in [3.8, 4) is 0 Å². The summed E-state index contributed by atoms with van der Waals surface area (Å²) in [5, 5.41) is 49.9. The number of nitrogens with two attached hydrogens (primary N) is 3. The summed E-state index contributed by atoms with van der Waals surface area (Å²) in [4.78, 5) is 76.6. The number of aliphatic hydroxyl groups is 4. The molecule has 0 radical (unpaired) electrons. The molecule has 3 aromatic rings. The Labute approximate surface area is 409 Å². The predicted octanol–water partition coefficient (Wildman–Crippen LogP) is 0.698. The molecular weight excluding hydrogens is 1090 g/mol. The number of aliphatic hydroxyl groups excluding tert-OH is 4. The number of rotatable bonds is 21. The Bertz CT molecular complexity index is 1770. The van der Waals surface area contributed by atoms with Crippen molar-refractivity contribution in [2.24, 2.45) is 29.0 Å². The molecule has 5 atom stereocenters. The highest BCUT2D eigenvalue weighted by Crippen LogP contribution is 2.07. The van der Waals surface area contributed by atoms with Crippen LogP contribution in [0.25, 0.3) is 0 Å². The van der Waals surface area contributed by atoms with E-state index in [-0.39, 0.29) is 68.6 Å². The number of hydrogen-bond donors (Lipinski definition) is 11. The molecule has 0 heterocycles. The molecule has 0 spiro atoms. The van der Waals surface area contributed by atoms with E-state index in [0.717, 1.165) is 16.7 Å². The molecule has 3 rings (SSSR count). The topological polar surface area (TPSA) is 353 Å². The molecule has 0 saturated heterocycles. The van der Waals surface area contributed by atoms with Crippen LogP contribution in [0.2, 0.25) is 0 Å². The van der Waals surface area contributed by atoms with Gasteiger partial charge in [0.05, 0.1) is 52.0 Å². The van der Waals surface area contributed by atoms with Crippen LogP contribution in [0.4, 0.5) is 0 Å². The zero-order valence-electron chi connectivity index (χ0n) is 37.5. The van der Waals surface area contributed by atoms with Crippen molar-refractivity contribution in [1.82, 2.24) is 16.0 Å². The van der Waals surface area contributed by atoms with E-state index in [1.54, 1.807) is 0 Å². The van der Waals surface area contributed by atoms with Gasteiger partial charge in [0.15, 0.2) is 0 Å². The van der Waals surface area contributed by atoms with Gasteiger partial charge in [0.25, 0.3) is 0 Å². The third-order valence-corrected chi connectivity index (χ3v) is 8.07. The van der Waals surface area contributed by atoms with E-state index in [2.05, 4.69) is 57.9 Å². The standard InChI is InChI=1S/C14H19NO3.C13H17NO3.C10H14N2O2.C4H9NO3.C3H7NO3.I2/c1-11(16)8-13(10-18-2)14(17)15-9-12-6-4-3-5-7-12;1-10(16)7-12(9-15)13(17)14-8-11-5-3-2-4-6-11;11-9(7-13)10(14)12-6-8-4-2-1-3-5-8;1-8-4(7)3(5)2-6;4-2(1-5)3(6)7;1-2/h3-7,13H,8-10H2,1-2H3,(H,15,17);2-6,12,15H,7-9H2,1H3,(H,14,17);1-5,9,13H,6-7,11H2,(H,12,14);3,6H,2,5H2,1H3;2,5H,1,4H2,(H,6,7);/t13-;12-;9-;3-;2-;/m11111./s1. The van der Waals surface area contributed by atoms with Gasteiger partial charge >= 0.3 is 11.9 Å². The number of ether oxygens (including phenoxy) is 2. The first-order chi connectivity index (χ1) is 31.4. The van der Waals surface area contributed by atoms with Gasteiger partial charge in [-0.3, -0.25) is 24.0 Å². The summed E-state index contributed by atoms with van der Waals surface area (Å²) in [6, 6.07) is 25.8. The molecule has 0 saturated carbocycles. The Balaban J connectivity index is -0.000000774. The first-order valence-corrected chi connectivity index (χ1v) is 26.3. The summed E-state index contributed by atoms with van der Waals surface area (Å²) >= 11 is 4.24. The van der Waals surface area contributed by atoms with E-state index in [9.17, 15) is 33.6 Å². The lowest BCUT2D eigenvalue weighted by molar-refractivity contribution is -0.143. The van der Waals surface area contributed by atoms with Crippen LogP contribution < -0.4 is 33.2 Å². The molecule has 22 heteroatoms. The number of carboxylic acids is 1. The van der Waals surface area contributed by atoms with Gasteiger partial charge in [-0.25, -0.2) is 0 Å². The van der Waals surface area contributed by atoms with E-state index in [1.807, 2.05) is 91.0 Å². The summed E-state index contributed by atoms with van der Waals surface area (Å²) in [7, 11) is 2.75. The molecule has 0 fully saturated rings. The normalized spacial score (nSPS) is 12.0. The SMILES string of the molecule is CC(=O)C[C@H](CO)C(=O)NCc1ccccc1.COC(=O)[C@H](N)CO.COC[C@@H](CC(C)=O)C(=O)NCc1ccccc1.II.N[C@H](CO)C(=O)NCc1ccccc1.N[C@H](CO)C(=O)O. The fourth-order valence-corrected chi connectivity index (χ4v) is 4.52. The van der Waals surface area contributed by atoms with Crippen LogP contribution in [0.5, 0.6) is 0 Å². The zero-order valence-corrected chi connectivity index (χ0v) is 41.8. The quantitative estimate of drug-likeness (QED) is 0.0517. The number of carbonyl (C=O) groups excluding carboxylic acids is 6. The number of halogens is 2. The number of methoxy groups -OCH3 is 2. The van der Waals surface area contributed by atoms with E-state index >= 15 is 0 Å². The summed E-state index contributed by atoms with van der Waals surface area (Å²) < 4.78 is 9.14. The van der Waals surface area contributed by atoms with Crippen molar-refractivity contribution < 1.29 is 68.6 Å². The van der Waals surface area contributed by atoms with E-state index in [0.29, 0.717) is 19.6 Å². The Morgan fingerprint density at radius 1 is 0.530 bits per heavy atom. The molecule has 0 bridgehead atoms. The summed E-state index contributed by atoms with van der Waals surface area (Å²) in [6.07, 6.45) is 0.297. The highest BCUT2D eigenvalue weighted by Gasteiger charge is 2.20. The number of esters is 1. The van der Waals surface area contributed by atoms with Gasteiger partial charge in [0, 0.05) is 76.8 Å². The van der Waals surface area contributed by atoms with Crippen molar-refractivity contribution in [2.75, 3.05) is 47.3 Å². The average Bonchev–Trinajstić information content (AvgIpc) is 3.34. The molecule has 0 unspecified atom stereocenters. The van der Waals surface area contributed by atoms with Crippen molar-refractivity contribution in [2.45, 2.75) is 64.4 Å². The minimum atomic E-state index is -1.18. The predicted molar refractivity (Wildman–Crippen MR) is 264 cm³/mol. The van der Waals surface area contributed by atoms with Crippen LogP contribution in [0, 0.1) is 11.8 Å². The van der Waals surface area contributed by atoms with E-state index < -0.39 is 48.5 Å². The second kappa shape index (κ2) is 43.1. The Morgan fingerprint density at radius 3 is 1.12 bits per heavy atom. The van der Waals surface area contributed by atoms with Crippen molar-refractivity contribution in [1.29, 1.82) is 0 Å². The van der Waals surface area contributed by atoms with Gasteiger partial charge in [-0.05, 0) is 30.5 Å². The third kappa shape index (κ3) is 35.7. The number of hydrogen-bond acceptors (Lipinski definition) is 16. The fourth-order valence-electron chi connectivity index (χ4n) is 4.52. The van der Waals surface area contributed by atoms with Gasteiger partial charge in [0.1, 0.15) is 29.7 Å². The maximum atomic E-state index is 11.9. The molecule has 3 amide bonds. The average molecular weight is 1160 g/mol. The molecule has 20 nitrogen and oxygen atoms in total. The second-order valence-electron chi connectivity index (χ2n) is 13.7. The van der Waals surface area contributed by atoms with Gasteiger partial charge in [-0.1, -0.05) is 91.0 Å². The van der Waals surface area contributed by atoms with Gasteiger partial charge in [-0.15, -0.1) is 0 Å². The first kappa shape index (κ1) is 65.8. The van der Waals surface area contributed by atoms with Crippen LogP contribution >= 0.6 is 37.2 Å². The van der Waals surface area contributed by atoms with Crippen LogP contribution in [-0.4, -0.2) is 132 Å². The number of carboxylic acid groups (broad SMARTS) is 1. The van der Waals surface area contributed by atoms with Gasteiger partial charge < -0.3 is 77.7 Å². The maximum Gasteiger partial charge on any atom is 0.325 e. The summed E-state index contributed by atoms with van der Waals surface area (Å²) in [5.74, 6) is -3.69. The lowest BCUT2D eigenvalue weighted by atomic mass is 10.0.